The van der Waals surface area contributed by atoms with Crippen molar-refractivity contribution in [1.82, 2.24) is 9.88 Å². The number of aromatic nitrogens is 1. The van der Waals surface area contributed by atoms with E-state index in [1.807, 2.05) is 77.5 Å². The van der Waals surface area contributed by atoms with Crippen LogP contribution >= 0.6 is 11.8 Å². The molecule has 1 fully saturated rings. The minimum absolute atomic E-state index is 0.162. The number of ether oxygens (including phenoxy) is 2. The van der Waals surface area contributed by atoms with E-state index in [2.05, 4.69) is 10.3 Å². The van der Waals surface area contributed by atoms with Gasteiger partial charge < -0.3 is 19.4 Å². The average molecular weight is 405 g/mol. The van der Waals surface area contributed by atoms with Crippen LogP contribution in [0.25, 0.3) is 11.8 Å². The summed E-state index contributed by atoms with van der Waals surface area (Å²) < 4.78 is 12.4. The quantitative estimate of drug-likeness (QED) is 0.640. The fourth-order valence-corrected chi connectivity index (χ4v) is 3.71. The van der Waals surface area contributed by atoms with E-state index in [1.54, 1.807) is 14.2 Å². The van der Waals surface area contributed by atoms with Crippen molar-refractivity contribution in [1.29, 1.82) is 0 Å². The first-order valence-corrected chi connectivity index (χ1v) is 9.73. The Morgan fingerprint density at radius 1 is 0.966 bits per heavy atom. The van der Waals surface area contributed by atoms with Gasteiger partial charge in [0.15, 0.2) is 5.17 Å². The van der Waals surface area contributed by atoms with Gasteiger partial charge in [0, 0.05) is 17.6 Å². The lowest BCUT2D eigenvalue weighted by atomic mass is 10.3. The van der Waals surface area contributed by atoms with Crippen LogP contribution in [0.1, 0.15) is 5.69 Å². The summed E-state index contributed by atoms with van der Waals surface area (Å²) in [6.45, 7) is 0. The third-order valence-corrected chi connectivity index (χ3v) is 5.27. The van der Waals surface area contributed by atoms with Crippen LogP contribution in [0.15, 0.2) is 76.8 Å². The number of carbonyl (C=O) groups excluding carboxylic acids is 1. The lowest BCUT2D eigenvalue weighted by molar-refractivity contribution is -0.115. The minimum Gasteiger partial charge on any atom is -0.497 e. The van der Waals surface area contributed by atoms with Crippen LogP contribution in [-0.2, 0) is 4.79 Å². The van der Waals surface area contributed by atoms with Gasteiger partial charge in [-0.3, -0.25) is 4.79 Å². The zero-order valence-electron chi connectivity index (χ0n) is 16.0. The second kappa shape index (κ2) is 8.28. The molecule has 1 N–H and O–H groups in total. The minimum atomic E-state index is -0.162. The maximum atomic E-state index is 12.4. The molecule has 1 aromatic heterocycles. The summed E-state index contributed by atoms with van der Waals surface area (Å²) in [5.41, 5.74) is 2.63. The Balaban J connectivity index is 1.56. The maximum Gasteiger partial charge on any atom is 0.264 e. The van der Waals surface area contributed by atoms with Crippen molar-refractivity contribution in [2.45, 2.75) is 0 Å². The highest BCUT2D eigenvalue weighted by Crippen LogP contribution is 2.29. The Kier molecular flexibility index (Phi) is 5.39. The van der Waals surface area contributed by atoms with E-state index in [4.69, 9.17) is 9.47 Å². The summed E-state index contributed by atoms with van der Waals surface area (Å²) in [7, 11) is 3.26. The molecule has 1 amide bonds. The summed E-state index contributed by atoms with van der Waals surface area (Å²) in [5, 5.41) is 3.37. The number of hydrogen-bond acceptors (Lipinski definition) is 5. The molecule has 0 saturated carbocycles. The van der Waals surface area contributed by atoms with E-state index in [0.717, 1.165) is 28.6 Å². The smallest absolute Gasteiger partial charge is 0.264 e. The fraction of sp³-hybridized carbons (Fsp3) is 0.0909. The average Bonchev–Trinajstić information content (AvgIpc) is 3.35. The highest BCUT2D eigenvalue weighted by atomic mass is 32.2. The van der Waals surface area contributed by atoms with Gasteiger partial charge in [-0.05, 0) is 78.5 Å². The normalized spacial score (nSPS) is 16.3. The molecule has 6 nitrogen and oxygen atoms in total. The molecule has 2 heterocycles. The van der Waals surface area contributed by atoms with E-state index < -0.39 is 0 Å². The van der Waals surface area contributed by atoms with Crippen LogP contribution in [-0.4, -0.2) is 29.9 Å². The highest BCUT2D eigenvalue weighted by Gasteiger charge is 2.24. The van der Waals surface area contributed by atoms with Gasteiger partial charge >= 0.3 is 0 Å². The molecule has 3 aromatic rings. The largest absolute Gasteiger partial charge is 0.497 e. The first-order valence-electron chi connectivity index (χ1n) is 8.92. The second-order valence-corrected chi connectivity index (χ2v) is 7.21. The van der Waals surface area contributed by atoms with E-state index in [1.165, 1.54) is 11.8 Å². The molecule has 1 saturated heterocycles. The van der Waals surface area contributed by atoms with Gasteiger partial charge in [0.1, 0.15) is 11.5 Å². The zero-order valence-corrected chi connectivity index (χ0v) is 16.8. The number of thioether (sulfide) groups is 1. The van der Waals surface area contributed by atoms with E-state index >= 15 is 0 Å². The molecule has 1 aliphatic rings. The number of nitrogens with zero attached hydrogens (tertiary/aromatic N) is 2. The van der Waals surface area contributed by atoms with Crippen molar-refractivity contribution in [2.24, 2.45) is 4.99 Å². The number of methoxy groups -OCH3 is 2. The van der Waals surface area contributed by atoms with Crippen molar-refractivity contribution < 1.29 is 14.3 Å². The number of hydrogen-bond donors (Lipinski definition) is 1. The van der Waals surface area contributed by atoms with Crippen LogP contribution < -0.4 is 14.8 Å². The lowest BCUT2D eigenvalue weighted by Gasteiger charge is -2.08. The van der Waals surface area contributed by atoms with Gasteiger partial charge in [0.25, 0.3) is 5.91 Å². The predicted molar refractivity (Wildman–Crippen MR) is 116 cm³/mol. The van der Waals surface area contributed by atoms with Crippen LogP contribution in [0.4, 0.5) is 5.69 Å². The van der Waals surface area contributed by atoms with Gasteiger partial charge in [-0.25, -0.2) is 4.99 Å². The molecule has 0 unspecified atom stereocenters. The fourth-order valence-electron chi connectivity index (χ4n) is 2.88. The molecule has 0 radical (unpaired) electrons. The van der Waals surface area contributed by atoms with Crippen LogP contribution in [0, 0.1) is 0 Å². The molecule has 2 aromatic carbocycles. The van der Waals surface area contributed by atoms with Crippen LogP contribution in [0.5, 0.6) is 11.5 Å². The Labute approximate surface area is 172 Å². The van der Waals surface area contributed by atoms with Crippen molar-refractivity contribution >= 4 is 34.6 Å². The molecule has 4 rings (SSSR count). The third kappa shape index (κ3) is 4.20. The van der Waals surface area contributed by atoms with Crippen molar-refractivity contribution in [3.8, 4) is 17.2 Å². The Morgan fingerprint density at radius 2 is 1.62 bits per heavy atom. The van der Waals surface area contributed by atoms with E-state index in [-0.39, 0.29) is 5.91 Å². The van der Waals surface area contributed by atoms with Gasteiger partial charge in [-0.1, -0.05) is 0 Å². The number of benzene rings is 2. The van der Waals surface area contributed by atoms with Crippen molar-refractivity contribution in [3.63, 3.8) is 0 Å². The molecular formula is C22H19N3O3S. The Morgan fingerprint density at radius 3 is 2.28 bits per heavy atom. The predicted octanol–water partition coefficient (Wildman–Crippen LogP) is 4.39. The summed E-state index contributed by atoms with van der Waals surface area (Å²) >= 11 is 1.32. The molecule has 0 bridgehead atoms. The second-order valence-electron chi connectivity index (χ2n) is 6.18. The molecule has 146 valence electrons. The van der Waals surface area contributed by atoms with Gasteiger partial charge in [-0.15, -0.1) is 0 Å². The number of amides is 1. The molecule has 0 atom stereocenters. The Hall–Kier alpha value is -3.45. The zero-order chi connectivity index (χ0) is 20.2. The molecule has 29 heavy (non-hydrogen) atoms. The van der Waals surface area contributed by atoms with E-state index in [9.17, 15) is 4.79 Å². The summed E-state index contributed by atoms with van der Waals surface area (Å²) in [4.78, 5) is 17.5. The molecular weight excluding hydrogens is 386 g/mol. The number of carbonyl (C=O) groups is 1. The highest BCUT2D eigenvalue weighted by molar-refractivity contribution is 8.18. The number of aliphatic imine (C=N–C) groups is 1. The molecule has 1 aliphatic heterocycles. The maximum absolute atomic E-state index is 12.4. The topological polar surface area (TPSA) is 64.8 Å². The SMILES string of the molecule is COc1ccc(N=C2NC(=O)/C(=C/c3cccn3-c3ccc(OC)cc3)S2)cc1. The summed E-state index contributed by atoms with van der Waals surface area (Å²) in [5.74, 6) is 1.40. The molecule has 0 aliphatic carbocycles. The Bertz CT molecular complexity index is 1080. The lowest BCUT2D eigenvalue weighted by Crippen LogP contribution is -2.19. The van der Waals surface area contributed by atoms with Crippen LogP contribution in [0.3, 0.4) is 0 Å². The molecule has 0 spiro atoms. The van der Waals surface area contributed by atoms with Crippen molar-refractivity contribution in [2.75, 3.05) is 14.2 Å². The third-order valence-electron chi connectivity index (χ3n) is 4.36. The van der Waals surface area contributed by atoms with Gasteiger partial charge in [0.2, 0.25) is 0 Å². The first-order chi connectivity index (χ1) is 14.2. The number of nitrogens with one attached hydrogen (secondary N) is 1. The number of rotatable bonds is 5. The summed E-state index contributed by atoms with van der Waals surface area (Å²) in [6, 6.07) is 19.0. The summed E-state index contributed by atoms with van der Waals surface area (Å²) in [6.07, 6.45) is 3.82. The standard InChI is InChI=1S/C22H19N3O3S/c1-27-18-9-5-15(6-10-18)23-22-24-21(26)20(29-22)14-17-4-3-13-25(17)16-7-11-19(28-2)12-8-16/h3-14H,1-2H3,(H,23,24,26)/b20-14-. The monoisotopic (exact) mass is 405 g/mol. The van der Waals surface area contributed by atoms with Crippen molar-refractivity contribution in [3.05, 3.63) is 77.5 Å². The van der Waals surface area contributed by atoms with Gasteiger partial charge in [0.05, 0.1) is 24.8 Å². The first kappa shape index (κ1) is 18.9. The van der Waals surface area contributed by atoms with Crippen LogP contribution in [0.2, 0.25) is 0 Å². The number of amidine groups is 1. The molecule has 7 heteroatoms. The van der Waals surface area contributed by atoms with E-state index in [0.29, 0.717) is 10.1 Å². The van der Waals surface area contributed by atoms with Gasteiger partial charge in [-0.2, -0.15) is 0 Å².